The molecule has 0 fully saturated rings. The zero-order chi connectivity index (χ0) is 23.9. The summed E-state index contributed by atoms with van der Waals surface area (Å²) < 4.78 is 15.0. The summed E-state index contributed by atoms with van der Waals surface area (Å²) in [4.78, 5) is 5.81. The van der Waals surface area contributed by atoms with E-state index in [0.717, 1.165) is 37.9 Å². The molecule has 0 saturated carbocycles. The maximum atomic E-state index is 9.17. The van der Waals surface area contributed by atoms with Gasteiger partial charge in [0.25, 0.3) is 0 Å². The molecule has 0 aliphatic rings. The number of rotatable bonds is 5. The average molecular weight is 477 g/mol. The van der Waals surface area contributed by atoms with Gasteiger partial charge in [0.15, 0.2) is 11.5 Å². The Balaban J connectivity index is 1.47. The summed E-state index contributed by atoms with van der Waals surface area (Å²) in [5.74, 6) is 1.29. The number of aryl methyl sites for hydroxylation is 1. The van der Waals surface area contributed by atoms with Crippen LogP contribution in [0.2, 0.25) is 0 Å². The van der Waals surface area contributed by atoms with Crippen LogP contribution in [-0.2, 0) is 13.7 Å². The Morgan fingerprint density at radius 1 is 1.03 bits per heavy atom. The van der Waals surface area contributed by atoms with Crippen molar-refractivity contribution in [2.75, 3.05) is 7.11 Å². The Hall–Kier alpha value is -4.41. The number of ether oxygens (including phenoxy) is 2. The van der Waals surface area contributed by atoms with Crippen molar-refractivity contribution in [1.82, 2.24) is 14.8 Å². The summed E-state index contributed by atoms with van der Waals surface area (Å²) in [5.41, 5.74) is 4.09. The van der Waals surface area contributed by atoms with Gasteiger partial charge in [0.2, 0.25) is 0 Å². The van der Waals surface area contributed by atoms with Crippen LogP contribution in [0.1, 0.15) is 10.4 Å². The molecule has 0 spiro atoms. The summed E-state index contributed by atoms with van der Waals surface area (Å²) in [6.07, 6.45) is 1.83. The third-order valence-electron chi connectivity index (χ3n) is 6.10. The number of nitriles is 1. The Morgan fingerprint density at radius 3 is 2.63 bits per heavy atom. The first kappa shape index (κ1) is 21.1. The van der Waals surface area contributed by atoms with Crippen molar-refractivity contribution in [1.29, 1.82) is 5.26 Å². The normalized spacial score (nSPS) is 11.2. The van der Waals surface area contributed by atoms with Crippen molar-refractivity contribution in [2.45, 2.75) is 6.61 Å². The van der Waals surface area contributed by atoms with Gasteiger partial charge in [-0.1, -0.05) is 30.3 Å². The molecule has 0 aliphatic carbocycles. The zero-order valence-corrected chi connectivity index (χ0v) is 20.0. The number of hydrogen-bond acceptors (Lipinski definition) is 6. The Bertz CT molecular complexity index is 1730. The number of benzene rings is 3. The first-order valence-corrected chi connectivity index (χ1v) is 11.9. The summed E-state index contributed by atoms with van der Waals surface area (Å²) in [6, 6.07) is 24.0. The van der Waals surface area contributed by atoms with E-state index in [4.69, 9.17) is 19.8 Å². The predicted molar refractivity (Wildman–Crippen MR) is 139 cm³/mol. The molecule has 35 heavy (non-hydrogen) atoms. The van der Waals surface area contributed by atoms with Crippen molar-refractivity contribution in [3.63, 3.8) is 0 Å². The fourth-order valence-electron chi connectivity index (χ4n) is 4.37. The minimum Gasteiger partial charge on any atom is -0.493 e. The molecule has 6 rings (SSSR count). The van der Waals surface area contributed by atoms with Crippen LogP contribution in [-0.4, -0.2) is 21.9 Å². The van der Waals surface area contributed by atoms with Gasteiger partial charge in [-0.25, -0.2) is 0 Å². The Morgan fingerprint density at radius 2 is 1.86 bits per heavy atom. The third-order valence-corrected chi connectivity index (χ3v) is 7.19. The van der Waals surface area contributed by atoms with E-state index in [2.05, 4.69) is 29.3 Å². The maximum absolute atomic E-state index is 9.17. The number of pyridine rings is 1. The highest BCUT2D eigenvalue weighted by molar-refractivity contribution is 7.19. The van der Waals surface area contributed by atoms with Gasteiger partial charge < -0.3 is 9.47 Å². The third kappa shape index (κ3) is 3.65. The number of methoxy groups -OCH3 is 1. The molecule has 6 nitrogen and oxygen atoms in total. The molecule has 0 N–H and O–H groups in total. The largest absolute Gasteiger partial charge is 0.493 e. The lowest BCUT2D eigenvalue weighted by atomic mass is 10.0. The molecule has 6 aromatic rings. The lowest BCUT2D eigenvalue weighted by Crippen LogP contribution is -1.97. The fourth-order valence-corrected chi connectivity index (χ4v) is 5.35. The molecule has 3 aromatic carbocycles. The lowest BCUT2D eigenvalue weighted by Gasteiger charge is -2.12. The molecule has 0 bridgehead atoms. The van der Waals surface area contributed by atoms with Gasteiger partial charge in [-0.05, 0) is 35.7 Å². The number of nitrogens with zero attached hydrogens (tertiary/aromatic N) is 4. The second kappa shape index (κ2) is 8.42. The van der Waals surface area contributed by atoms with Gasteiger partial charge in [0.05, 0.1) is 36.0 Å². The molecule has 0 aliphatic heterocycles. The van der Waals surface area contributed by atoms with Crippen LogP contribution in [0, 0.1) is 11.3 Å². The summed E-state index contributed by atoms with van der Waals surface area (Å²) >= 11 is 1.73. The van der Waals surface area contributed by atoms with Crippen LogP contribution in [0.15, 0.2) is 72.9 Å². The second-order valence-corrected chi connectivity index (χ2v) is 9.41. The highest BCUT2D eigenvalue weighted by Gasteiger charge is 2.18. The summed E-state index contributed by atoms with van der Waals surface area (Å²) in [5, 5.41) is 17.1. The molecule has 170 valence electrons. The summed E-state index contributed by atoms with van der Waals surface area (Å²) in [6.45, 7) is 0.445. The van der Waals surface area contributed by atoms with Crippen LogP contribution < -0.4 is 9.47 Å². The number of hydrogen-bond donors (Lipinski definition) is 0. The molecular weight excluding hydrogens is 456 g/mol. The lowest BCUT2D eigenvalue weighted by molar-refractivity contribution is 0.288. The minimum absolute atomic E-state index is 0.445. The summed E-state index contributed by atoms with van der Waals surface area (Å²) in [7, 11) is 3.55. The van der Waals surface area contributed by atoms with E-state index in [1.165, 1.54) is 10.1 Å². The smallest absolute Gasteiger partial charge is 0.162 e. The maximum Gasteiger partial charge on any atom is 0.162 e. The minimum atomic E-state index is 0.445. The van der Waals surface area contributed by atoms with E-state index >= 15 is 0 Å². The molecule has 0 saturated heterocycles. The van der Waals surface area contributed by atoms with Gasteiger partial charge >= 0.3 is 0 Å². The van der Waals surface area contributed by atoms with E-state index in [0.29, 0.717) is 23.7 Å². The standard InChI is InChI=1S/C28H20N4O2S/c1-32-23-15-30-22-13-24(33-2)25(34-16-20-11-19-5-3-4-6-26(19)35-20)12-21(22)27(23)28(31-32)18-9-7-17(14-29)8-10-18/h3-13,15H,16H2,1-2H3. The molecular formula is C28H20N4O2S. The van der Waals surface area contributed by atoms with Crippen molar-refractivity contribution < 1.29 is 9.47 Å². The fraction of sp³-hybridized carbons (Fsp3) is 0.107. The van der Waals surface area contributed by atoms with Crippen molar-refractivity contribution in [3.8, 4) is 28.8 Å². The molecule has 3 aromatic heterocycles. The molecule has 0 atom stereocenters. The monoisotopic (exact) mass is 476 g/mol. The molecule has 7 heteroatoms. The quantitative estimate of drug-likeness (QED) is 0.285. The van der Waals surface area contributed by atoms with Crippen molar-refractivity contribution in [2.24, 2.45) is 7.05 Å². The number of fused-ring (bicyclic) bond motifs is 4. The Kier molecular flexibility index (Phi) is 5.09. The van der Waals surface area contributed by atoms with Crippen LogP contribution in [0.25, 0.3) is 43.1 Å². The van der Waals surface area contributed by atoms with Gasteiger partial charge in [0, 0.05) is 39.0 Å². The molecule has 0 unspecified atom stereocenters. The van der Waals surface area contributed by atoms with E-state index in [1.54, 1.807) is 18.4 Å². The molecule has 0 amide bonds. The SMILES string of the molecule is COc1cc2ncc3c(c(-c4ccc(C#N)cc4)nn3C)c2cc1OCc1cc2ccccc2s1. The first-order valence-electron chi connectivity index (χ1n) is 11.1. The van der Waals surface area contributed by atoms with Crippen LogP contribution in [0.5, 0.6) is 11.5 Å². The molecule has 0 radical (unpaired) electrons. The average Bonchev–Trinajstić information content (AvgIpc) is 3.47. The number of aromatic nitrogens is 3. The van der Waals surface area contributed by atoms with E-state index in [9.17, 15) is 0 Å². The van der Waals surface area contributed by atoms with Crippen molar-refractivity contribution >= 4 is 43.2 Å². The molecule has 3 heterocycles. The number of thiophene rings is 1. The van der Waals surface area contributed by atoms with Crippen LogP contribution >= 0.6 is 11.3 Å². The predicted octanol–water partition coefficient (Wildman–Crippen LogP) is 6.46. The van der Waals surface area contributed by atoms with E-state index < -0.39 is 0 Å². The Labute approximate surface area is 205 Å². The van der Waals surface area contributed by atoms with Gasteiger partial charge in [-0.15, -0.1) is 11.3 Å². The van der Waals surface area contributed by atoms with Gasteiger partial charge in [-0.3, -0.25) is 9.67 Å². The van der Waals surface area contributed by atoms with E-state index in [-0.39, 0.29) is 0 Å². The van der Waals surface area contributed by atoms with Gasteiger partial charge in [0.1, 0.15) is 12.3 Å². The van der Waals surface area contributed by atoms with Crippen LogP contribution in [0.4, 0.5) is 0 Å². The van der Waals surface area contributed by atoms with Crippen LogP contribution in [0.3, 0.4) is 0 Å². The second-order valence-electron chi connectivity index (χ2n) is 8.24. The zero-order valence-electron chi connectivity index (χ0n) is 19.1. The first-order chi connectivity index (χ1) is 17.1. The van der Waals surface area contributed by atoms with Crippen molar-refractivity contribution in [3.05, 3.63) is 83.4 Å². The van der Waals surface area contributed by atoms with Gasteiger partial charge in [-0.2, -0.15) is 10.4 Å². The van der Waals surface area contributed by atoms with E-state index in [1.807, 2.05) is 66.5 Å². The highest BCUT2D eigenvalue weighted by Crippen LogP contribution is 2.39. The highest BCUT2D eigenvalue weighted by atomic mass is 32.1. The topological polar surface area (TPSA) is 73.0 Å².